The molecule has 4 rings (SSSR count). The predicted octanol–water partition coefficient (Wildman–Crippen LogP) is 3.29. The van der Waals surface area contributed by atoms with Crippen LogP contribution in [0, 0.1) is 6.92 Å². The molecule has 2 aromatic heterocycles. The number of nitrogens with zero attached hydrogens (tertiary/aromatic N) is 3. The zero-order valence-corrected chi connectivity index (χ0v) is 16.9. The van der Waals surface area contributed by atoms with Gasteiger partial charge in [0.05, 0.1) is 5.39 Å². The number of carbonyl (C=O) groups is 1. The van der Waals surface area contributed by atoms with Gasteiger partial charge < -0.3 is 15.5 Å². The van der Waals surface area contributed by atoms with Crippen LogP contribution >= 0.6 is 11.3 Å². The standard InChI is InChI=1S/C21H25N5OS/c1-15-18(16-6-3-2-4-7-16)19-20(24-14-25-21(19)28-15)23-10-8-17(27)26-12-5-9-22-11-13-26/h2-4,6-7,14,22H,5,8-13H2,1H3,(H,23,24,25). The average Bonchev–Trinajstić information content (AvgIpc) is 2.88. The van der Waals surface area contributed by atoms with Crippen LogP contribution < -0.4 is 10.6 Å². The summed E-state index contributed by atoms with van der Waals surface area (Å²) >= 11 is 1.68. The van der Waals surface area contributed by atoms with Crippen LogP contribution in [-0.4, -0.2) is 53.5 Å². The molecule has 3 heterocycles. The topological polar surface area (TPSA) is 70.2 Å². The van der Waals surface area contributed by atoms with Gasteiger partial charge in [0.15, 0.2) is 0 Å². The first-order chi connectivity index (χ1) is 13.7. The van der Waals surface area contributed by atoms with Crippen molar-refractivity contribution in [1.82, 2.24) is 20.2 Å². The van der Waals surface area contributed by atoms with E-state index in [2.05, 4.69) is 39.7 Å². The fourth-order valence-corrected chi connectivity index (χ4v) is 4.68. The molecule has 1 aliphatic heterocycles. The van der Waals surface area contributed by atoms with Crippen LogP contribution in [-0.2, 0) is 4.79 Å². The van der Waals surface area contributed by atoms with E-state index in [0.717, 1.165) is 54.2 Å². The fraction of sp³-hybridized carbons (Fsp3) is 0.381. The molecule has 1 aromatic carbocycles. The molecule has 1 aliphatic rings. The van der Waals surface area contributed by atoms with Gasteiger partial charge in [-0.25, -0.2) is 9.97 Å². The largest absolute Gasteiger partial charge is 0.369 e. The monoisotopic (exact) mass is 395 g/mol. The quantitative estimate of drug-likeness (QED) is 0.694. The van der Waals surface area contributed by atoms with Crippen molar-refractivity contribution in [3.8, 4) is 11.1 Å². The first kappa shape index (κ1) is 18.8. The number of hydrogen-bond acceptors (Lipinski definition) is 6. The highest BCUT2D eigenvalue weighted by molar-refractivity contribution is 7.19. The van der Waals surface area contributed by atoms with E-state index in [0.29, 0.717) is 13.0 Å². The lowest BCUT2D eigenvalue weighted by Crippen LogP contribution is -2.35. The number of aromatic nitrogens is 2. The number of hydrogen-bond donors (Lipinski definition) is 2. The number of benzene rings is 1. The molecule has 0 radical (unpaired) electrons. The highest BCUT2D eigenvalue weighted by Crippen LogP contribution is 2.40. The van der Waals surface area contributed by atoms with Gasteiger partial charge in [-0.05, 0) is 25.5 Å². The molecule has 7 heteroatoms. The molecule has 0 unspecified atom stereocenters. The number of rotatable bonds is 5. The molecule has 1 fully saturated rings. The van der Waals surface area contributed by atoms with Crippen LogP contribution in [0.25, 0.3) is 21.3 Å². The van der Waals surface area contributed by atoms with Gasteiger partial charge in [-0.1, -0.05) is 30.3 Å². The maximum absolute atomic E-state index is 12.5. The van der Waals surface area contributed by atoms with Crippen LogP contribution in [0.1, 0.15) is 17.7 Å². The molecular formula is C21H25N5OS. The van der Waals surface area contributed by atoms with Gasteiger partial charge in [-0.3, -0.25) is 4.79 Å². The smallest absolute Gasteiger partial charge is 0.224 e. The molecule has 1 amide bonds. The highest BCUT2D eigenvalue weighted by atomic mass is 32.1. The normalized spacial score (nSPS) is 14.8. The average molecular weight is 396 g/mol. The number of carbonyl (C=O) groups excluding carboxylic acids is 1. The summed E-state index contributed by atoms with van der Waals surface area (Å²) in [6, 6.07) is 10.3. The van der Waals surface area contributed by atoms with E-state index in [1.54, 1.807) is 17.7 Å². The van der Waals surface area contributed by atoms with Crippen LogP contribution in [0.2, 0.25) is 0 Å². The van der Waals surface area contributed by atoms with Crippen LogP contribution in [0.15, 0.2) is 36.7 Å². The number of fused-ring (bicyclic) bond motifs is 1. The molecule has 2 N–H and O–H groups in total. The van der Waals surface area contributed by atoms with Gasteiger partial charge in [-0.2, -0.15) is 0 Å². The molecule has 0 atom stereocenters. The van der Waals surface area contributed by atoms with Crippen molar-refractivity contribution in [3.05, 3.63) is 41.5 Å². The molecule has 0 aliphatic carbocycles. The summed E-state index contributed by atoms with van der Waals surface area (Å²) < 4.78 is 0. The zero-order valence-electron chi connectivity index (χ0n) is 16.1. The Morgan fingerprint density at radius 2 is 2.07 bits per heavy atom. The Morgan fingerprint density at radius 3 is 2.93 bits per heavy atom. The number of aryl methyl sites for hydroxylation is 1. The summed E-state index contributed by atoms with van der Waals surface area (Å²) in [7, 11) is 0. The Balaban J connectivity index is 1.52. The molecule has 0 saturated carbocycles. The molecule has 0 bridgehead atoms. The summed E-state index contributed by atoms with van der Waals surface area (Å²) in [5.74, 6) is 1.00. The Kier molecular flexibility index (Phi) is 5.83. The van der Waals surface area contributed by atoms with E-state index in [1.165, 1.54) is 10.4 Å². The summed E-state index contributed by atoms with van der Waals surface area (Å²) in [5.41, 5.74) is 2.34. The van der Waals surface area contributed by atoms with Crippen molar-refractivity contribution in [2.24, 2.45) is 0 Å². The fourth-order valence-electron chi connectivity index (χ4n) is 3.67. The van der Waals surface area contributed by atoms with Crippen molar-refractivity contribution in [2.45, 2.75) is 19.8 Å². The number of nitrogens with one attached hydrogen (secondary N) is 2. The molecule has 6 nitrogen and oxygen atoms in total. The number of thiophene rings is 1. The van der Waals surface area contributed by atoms with Gasteiger partial charge in [-0.15, -0.1) is 11.3 Å². The lowest BCUT2D eigenvalue weighted by molar-refractivity contribution is -0.130. The van der Waals surface area contributed by atoms with Gasteiger partial charge >= 0.3 is 0 Å². The molecule has 28 heavy (non-hydrogen) atoms. The van der Waals surface area contributed by atoms with Crippen molar-refractivity contribution in [3.63, 3.8) is 0 Å². The number of anilines is 1. The molecule has 3 aromatic rings. The molecular weight excluding hydrogens is 370 g/mol. The zero-order chi connectivity index (χ0) is 19.3. The van der Waals surface area contributed by atoms with Crippen molar-refractivity contribution < 1.29 is 4.79 Å². The Hall–Kier alpha value is -2.51. The van der Waals surface area contributed by atoms with Gasteiger partial charge in [0.1, 0.15) is 17.0 Å². The van der Waals surface area contributed by atoms with Crippen molar-refractivity contribution in [2.75, 3.05) is 38.0 Å². The lowest BCUT2D eigenvalue weighted by Gasteiger charge is -2.20. The first-order valence-electron chi connectivity index (χ1n) is 9.76. The Labute approximate surface area is 169 Å². The predicted molar refractivity (Wildman–Crippen MR) is 115 cm³/mol. The molecule has 1 saturated heterocycles. The van der Waals surface area contributed by atoms with Gasteiger partial charge in [0.25, 0.3) is 0 Å². The third-order valence-electron chi connectivity index (χ3n) is 5.05. The SMILES string of the molecule is Cc1sc2ncnc(NCCC(=O)N3CCCNCC3)c2c1-c1ccccc1. The minimum atomic E-state index is 0.200. The number of amides is 1. The van der Waals surface area contributed by atoms with E-state index in [-0.39, 0.29) is 5.91 Å². The van der Waals surface area contributed by atoms with E-state index < -0.39 is 0 Å². The Bertz CT molecular complexity index is 948. The van der Waals surface area contributed by atoms with E-state index in [4.69, 9.17) is 0 Å². The van der Waals surface area contributed by atoms with Crippen LogP contribution in [0.4, 0.5) is 5.82 Å². The van der Waals surface area contributed by atoms with Gasteiger partial charge in [0.2, 0.25) is 5.91 Å². The van der Waals surface area contributed by atoms with Crippen LogP contribution in [0.3, 0.4) is 0 Å². The molecule has 0 spiro atoms. The van der Waals surface area contributed by atoms with Crippen LogP contribution in [0.5, 0.6) is 0 Å². The van der Waals surface area contributed by atoms with Crippen molar-refractivity contribution >= 4 is 33.3 Å². The minimum Gasteiger partial charge on any atom is -0.369 e. The summed E-state index contributed by atoms with van der Waals surface area (Å²) in [6.07, 6.45) is 3.08. The maximum atomic E-state index is 12.5. The van der Waals surface area contributed by atoms with E-state index >= 15 is 0 Å². The second-order valence-corrected chi connectivity index (χ2v) is 8.17. The Morgan fingerprint density at radius 1 is 1.21 bits per heavy atom. The lowest BCUT2D eigenvalue weighted by atomic mass is 10.0. The minimum absolute atomic E-state index is 0.200. The third-order valence-corrected chi connectivity index (χ3v) is 6.06. The summed E-state index contributed by atoms with van der Waals surface area (Å²) in [4.78, 5) is 25.6. The molecule has 146 valence electrons. The summed E-state index contributed by atoms with van der Waals surface area (Å²) in [5, 5.41) is 7.77. The van der Waals surface area contributed by atoms with E-state index in [1.807, 2.05) is 23.1 Å². The van der Waals surface area contributed by atoms with E-state index in [9.17, 15) is 4.79 Å². The van der Waals surface area contributed by atoms with Gasteiger partial charge in [0, 0.05) is 43.0 Å². The summed E-state index contributed by atoms with van der Waals surface area (Å²) in [6.45, 7) is 6.18. The first-order valence-corrected chi connectivity index (χ1v) is 10.6. The third kappa shape index (κ3) is 4.00. The second-order valence-electron chi connectivity index (χ2n) is 6.96. The van der Waals surface area contributed by atoms with Crippen molar-refractivity contribution in [1.29, 1.82) is 0 Å². The second kappa shape index (κ2) is 8.67. The highest BCUT2D eigenvalue weighted by Gasteiger charge is 2.18. The maximum Gasteiger partial charge on any atom is 0.224 e.